The van der Waals surface area contributed by atoms with Crippen LogP contribution in [0, 0.1) is 5.92 Å². The summed E-state index contributed by atoms with van der Waals surface area (Å²) in [6.45, 7) is -0.651. The van der Waals surface area contributed by atoms with Gasteiger partial charge in [-0.25, -0.2) is 0 Å². The van der Waals surface area contributed by atoms with Crippen LogP contribution in [0.3, 0.4) is 0 Å². The molecule has 1 fully saturated rings. The summed E-state index contributed by atoms with van der Waals surface area (Å²) in [6, 6.07) is 0. The van der Waals surface area contributed by atoms with E-state index in [2.05, 4.69) is 0 Å². The molecule has 0 aromatic carbocycles. The lowest BCUT2D eigenvalue weighted by Gasteiger charge is -2.38. The molecule has 0 radical (unpaired) electrons. The molecular weight excluding hydrogens is 205 g/mol. The van der Waals surface area contributed by atoms with E-state index in [1.54, 1.807) is 0 Å². The van der Waals surface area contributed by atoms with Crippen LogP contribution >= 0.6 is 7.60 Å². The van der Waals surface area contributed by atoms with E-state index in [1.165, 1.54) is 0 Å². The molecule has 0 bridgehead atoms. The van der Waals surface area contributed by atoms with Gasteiger partial charge < -0.3 is 20.6 Å². The fourth-order valence-corrected chi connectivity index (χ4v) is 2.98. The van der Waals surface area contributed by atoms with Crippen LogP contribution in [0.15, 0.2) is 0 Å². The quantitative estimate of drug-likeness (QED) is 0.518. The number of aliphatic hydroxyl groups is 1. The minimum atomic E-state index is -4.43. The van der Waals surface area contributed by atoms with E-state index in [1.807, 2.05) is 0 Å². The van der Waals surface area contributed by atoms with E-state index in [4.69, 9.17) is 20.6 Å². The third-order valence-electron chi connectivity index (χ3n) is 3.11. The van der Waals surface area contributed by atoms with Crippen LogP contribution < -0.4 is 5.73 Å². The highest BCUT2D eigenvalue weighted by Gasteiger charge is 2.49. The summed E-state index contributed by atoms with van der Waals surface area (Å²) >= 11 is 0. The van der Waals surface area contributed by atoms with Crippen molar-refractivity contribution in [3.05, 3.63) is 0 Å². The Balaban J connectivity index is 2.82. The molecule has 5 nitrogen and oxygen atoms in total. The van der Waals surface area contributed by atoms with E-state index < -0.39 is 19.5 Å². The van der Waals surface area contributed by atoms with Gasteiger partial charge in [0, 0.05) is 0 Å². The van der Waals surface area contributed by atoms with Gasteiger partial charge in [-0.05, 0) is 18.8 Å². The van der Waals surface area contributed by atoms with Gasteiger partial charge in [-0.15, -0.1) is 0 Å². The maximum atomic E-state index is 11.2. The Labute approximate surface area is 83.5 Å². The average molecular weight is 223 g/mol. The monoisotopic (exact) mass is 223 g/mol. The summed E-state index contributed by atoms with van der Waals surface area (Å²) in [5.41, 5.74) is 5.64. The van der Waals surface area contributed by atoms with Gasteiger partial charge in [0.25, 0.3) is 0 Å². The minimum Gasteiger partial charge on any atom is -0.394 e. The number of hydrogen-bond acceptors (Lipinski definition) is 3. The molecule has 6 heteroatoms. The predicted molar refractivity (Wildman–Crippen MR) is 52.6 cm³/mol. The van der Waals surface area contributed by atoms with Gasteiger partial charge >= 0.3 is 7.60 Å². The molecule has 0 saturated heterocycles. The van der Waals surface area contributed by atoms with Crippen molar-refractivity contribution in [3.63, 3.8) is 0 Å². The Morgan fingerprint density at radius 3 is 2.14 bits per heavy atom. The number of rotatable bonds is 3. The van der Waals surface area contributed by atoms with Crippen molar-refractivity contribution in [2.75, 3.05) is 6.61 Å². The zero-order valence-electron chi connectivity index (χ0n) is 8.09. The molecular formula is C8H18NO4P. The largest absolute Gasteiger partial charge is 0.394 e. The predicted octanol–water partition coefficient (Wildman–Crippen LogP) is 0.392. The molecule has 0 aliphatic heterocycles. The lowest BCUT2D eigenvalue weighted by atomic mass is 9.84. The smallest absolute Gasteiger partial charge is 0.347 e. The number of nitrogens with two attached hydrogens (primary N) is 1. The van der Waals surface area contributed by atoms with Crippen LogP contribution in [-0.2, 0) is 4.57 Å². The Bertz CT molecular complexity index is 235. The van der Waals surface area contributed by atoms with Gasteiger partial charge in [-0.3, -0.25) is 4.57 Å². The molecule has 0 spiro atoms. The molecule has 0 aromatic heterocycles. The van der Waals surface area contributed by atoms with Gasteiger partial charge in [-0.1, -0.05) is 19.3 Å². The molecule has 0 amide bonds. The van der Waals surface area contributed by atoms with E-state index in [9.17, 15) is 4.57 Å². The molecule has 1 aliphatic carbocycles. The molecule has 0 aromatic rings. The van der Waals surface area contributed by atoms with Crippen LogP contribution in [0.4, 0.5) is 0 Å². The van der Waals surface area contributed by atoms with Crippen LogP contribution in [-0.4, -0.2) is 26.8 Å². The lowest BCUT2D eigenvalue weighted by Crippen LogP contribution is -2.50. The zero-order chi connectivity index (χ0) is 10.8. The molecule has 5 N–H and O–H groups in total. The highest BCUT2D eigenvalue weighted by Crippen LogP contribution is 2.53. The second-order valence-corrected chi connectivity index (χ2v) is 5.95. The molecule has 84 valence electrons. The molecule has 0 heterocycles. The van der Waals surface area contributed by atoms with E-state index in [-0.39, 0.29) is 5.92 Å². The van der Waals surface area contributed by atoms with Gasteiger partial charge in [-0.2, -0.15) is 0 Å². The second kappa shape index (κ2) is 4.29. The summed E-state index contributed by atoms with van der Waals surface area (Å²) in [5, 5.41) is 7.33. The van der Waals surface area contributed by atoms with Gasteiger partial charge in [0.2, 0.25) is 0 Å². The van der Waals surface area contributed by atoms with Crippen molar-refractivity contribution >= 4 is 7.60 Å². The summed E-state index contributed by atoms with van der Waals surface area (Å²) in [5.74, 6) is -0.262. The van der Waals surface area contributed by atoms with E-state index in [0.29, 0.717) is 12.8 Å². The first-order valence-corrected chi connectivity index (χ1v) is 6.48. The van der Waals surface area contributed by atoms with Crippen LogP contribution in [0.1, 0.15) is 32.1 Å². The molecule has 14 heavy (non-hydrogen) atoms. The SMILES string of the molecule is NC(CO)(C1CCCCC1)P(=O)(O)O. The molecule has 1 rings (SSSR count). The summed E-state index contributed by atoms with van der Waals surface area (Å²) in [7, 11) is -4.43. The van der Waals surface area contributed by atoms with E-state index >= 15 is 0 Å². The Kier molecular flexibility index (Phi) is 3.72. The van der Waals surface area contributed by atoms with Crippen molar-refractivity contribution in [2.24, 2.45) is 11.7 Å². The lowest BCUT2D eigenvalue weighted by molar-refractivity contribution is 0.144. The summed E-state index contributed by atoms with van der Waals surface area (Å²) in [4.78, 5) is 18.2. The highest BCUT2D eigenvalue weighted by molar-refractivity contribution is 7.53. The normalized spacial score (nSPS) is 24.6. The van der Waals surface area contributed by atoms with Gasteiger partial charge in [0.1, 0.15) is 5.28 Å². The Hall–Kier alpha value is 0.0700. The third-order valence-corrected chi connectivity index (χ3v) is 4.70. The zero-order valence-corrected chi connectivity index (χ0v) is 8.99. The molecule has 1 aliphatic rings. The van der Waals surface area contributed by atoms with Crippen molar-refractivity contribution < 1.29 is 19.5 Å². The second-order valence-electron chi connectivity index (χ2n) is 4.03. The topological polar surface area (TPSA) is 104 Å². The van der Waals surface area contributed by atoms with Gasteiger partial charge in [0.05, 0.1) is 6.61 Å². The molecule has 1 saturated carbocycles. The fraction of sp³-hybridized carbons (Fsp3) is 1.00. The van der Waals surface area contributed by atoms with Crippen LogP contribution in [0.2, 0.25) is 0 Å². The molecule has 1 atom stereocenters. The summed E-state index contributed by atoms with van der Waals surface area (Å²) < 4.78 is 11.2. The van der Waals surface area contributed by atoms with Crippen molar-refractivity contribution in [1.82, 2.24) is 0 Å². The maximum absolute atomic E-state index is 11.2. The first-order valence-electron chi connectivity index (χ1n) is 4.87. The molecule has 1 unspecified atom stereocenters. The van der Waals surface area contributed by atoms with Gasteiger partial charge in [0.15, 0.2) is 0 Å². The number of aliphatic hydroxyl groups excluding tert-OH is 1. The third kappa shape index (κ3) is 2.18. The first kappa shape index (κ1) is 12.1. The van der Waals surface area contributed by atoms with Crippen LogP contribution in [0.25, 0.3) is 0 Å². The van der Waals surface area contributed by atoms with E-state index in [0.717, 1.165) is 19.3 Å². The van der Waals surface area contributed by atoms with Crippen molar-refractivity contribution in [2.45, 2.75) is 37.4 Å². The van der Waals surface area contributed by atoms with Crippen molar-refractivity contribution in [3.8, 4) is 0 Å². The van der Waals surface area contributed by atoms with Crippen LogP contribution in [0.5, 0.6) is 0 Å². The van der Waals surface area contributed by atoms with Crippen molar-refractivity contribution in [1.29, 1.82) is 0 Å². The Morgan fingerprint density at radius 1 is 1.29 bits per heavy atom. The first-order chi connectivity index (χ1) is 6.42. The minimum absolute atomic E-state index is 0.262. The summed E-state index contributed by atoms with van der Waals surface area (Å²) in [6.07, 6.45) is 4.34. The standard InChI is InChI=1S/C8H18NO4P/c9-8(6-10,14(11,12)13)7-4-2-1-3-5-7/h7,10H,1-6,9H2,(H2,11,12,13). The average Bonchev–Trinajstić information content (AvgIpc) is 2.16. The Morgan fingerprint density at radius 2 is 1.79 bits per heavy atom. The highest BCUT2D eigenvalue weighted by atomic mass is 31.2. The number of hydrogen-bond donors (Lipinski definition) is 4. The maximum Gasteiger partial charge on any atom is 0.347 e. The fourth-order valence-electron chi connectivity index (χ4n) is 2.06.